The zero-order valence-electron chi connectivity index (χ0n) is 11.8. The van der Waals surface area contributed by atoms with E-state index in [-0.39, 0.29) is 18.3 Å². The van der Waals surface area contributed by atoms with Crippen molar-refractivity contribution in [3.8, 4) is 0 Å². The molecule has 0 aromatic carbocycles. The zero-order chi connectivity index (χ0) is 14.3. The Labute approximate surface area is 114 Å². The second-order valence-corrected chi connectivity index (χ2v) is 5.69. The van der Waals surface area contributed by atoms with E-state index in [2.05, 4.69) is 4.98 Å². The van der Waals surface area contributed by atoms with Gasteiger partial charge in [0.25, 0.3) is 0 Å². The lowest BCUT2D eigenvalue weighted by molar-refractivity contribution is 0.00578. The number of nitrogens with two attached hydrogens (primary N) is 2. The van der Waals surface area contributed by atoms with Crippen molar-refractivity contribution in [1.82, 2.24) is 4.98 Å². The number of rotatable bonds is 2. The van der Waals surface area contributed by atoms with E-state index >= 15 is 0 Å². The highest BCUT2D eigenvalue weighted by Crippen LogP contribution is 2.36. The van der Waals surface area contributed by atoms with Gasteiger partial charge in [-0.2, -0.15) is 0 Å². The summed E-state index contributed by atoms with van der Waals surface area (Å²) in [5.41, 5.74) is 11.8. The van der Waals surface area contributed by atoms with Crippen molar-refractivity contribution in [3.05, 3.63) is 23.8 Å². The molecule has 1 aliphatic heterocycles. The highest BCUT2D eigenvalue weighted by atomic mass is 16.7. The van der Waals surface area contributed by atoms with Crippen LogP contribution in [0.4, 0.5) is 11.5 Å². The number of hydrogen-bond donors (Lipinski definition) is 2. The number of nitrogens with zero attached hydrogens (tertiary/aromatic N) is 1. The summed E-state index contributed by atoms with van der Waals surface area (Å²) in [4.78, 5) is 4.16. The van der Waals surface area contributed by atoms with E-state index < -0.39 is 0 Å². The monoisotopic (exact) mass is 261 g/mol. The second-order valence-electron chi connectivity index (χ2n) is 5.69. The molecule has 1 saturated heterocycles. The molecule has 0 radical (unpaired) electrons. The Kier molecular flexibility index (Phi) is 3.32. The Morgan fingerprint density at radius 3 is 2.21 bits per heavy atom. The van der Waals surface area contributed by atoms with Gasteiger partial charge in [-0.25, -0.2) is 4.98 Å². The van der Waals surface area contributed by atoms with Gasteiger partial charge in [0.2, 0.25) is 0 Å². The third-order valence-corrected chi connectivity index (χ3v) is 3.67. The maximum Gasteiger partial charge on any atom is 0.487 e. The first-order valence-electron chi connectivity index (χ1n) is 6.27. The molecule has 0 spiro atoms. The van der Waals surface area contributed by atoms with Crippen molar-refractivity contribution in [3.63, 3.8) is 0 Å². The summed E-state index contributed by atoms with van der Waals surface area (Å²) in [6.07, 6.45) is 1.82. The van der Waals surface area contributed by atoms with Crippen molar-refractivity contribution < 1.29 is 9.31 Å². The van der Waals surface area contributed by atoms with Crippen molar-refractivity contribution >= 4 is 24.7 Å². The van der Waals surface area contributed by atoms with Gasteiger partial charge in [0.05, 0.1) is 22.6 Å². The first-order chi connectivity index (χ1) is 8.71. The number of nitrogen functional groups attached to an aromatic ring is 2. The molecule has 0 bridgehead atoms. The fourth-order valence-corrected chi connectivity index (χ4v) is 1.74. The maximum absolute atomic E-state index is 5.85. The first kappa shape index (κ1) is 13.9. The lowest BCUT2D eigenvalue weighted by Crippen LogP contribution is -2.41. The normalized spacial score (nSPS) is 21.2. The molecule has 1 aromatic rings. The fourth-order valence-electron chi connectivity index (χ4n) is 1.74. The molecule has 2 heterocycles. The quantitative estimate of drug-likeness (QED) is 0.794. The van der Waals surface area contributed by atoms with Gasteiger partial charge >= 0.3 is 7.12 Å². The third-order valence-electron chi connectivity index (χ3n) is 3.67. The molecule has 1 aliphatic rings. The highest BCUT2D eigenvalue weighted by Gasteiger charge is 2.49. The van der Waals surface area contributed by atoms with Crippen LogP contribution in [0.2, 0.25) is 0 Å². The van der Waals surface area contributed by atoms with Crippen LogP contribution >= 0.6 is 0 Å². The van der Waals surface area contributed by atoms with Crippen molar-refractivity contribution in [2.24, 2.45) is 0 Å². The maximum atomic E-state index is 5.85. The zero-order valence-corrected chi connectivity index (χ0v) is 11.8. The molecule has 0 aliphatic carbocycles. The smallest absolute Gasteiger partial charge is 0.400 e. The molecular formula is C13H20BN3O2. The number of hydrogen-bond acceptors (Lipinski definition) is 5. The topological polar surface area (TPSA) is 83.4 Å². The minimum Gasteiger partial charge on any atom is -0.400 e. The highest BCUT2D eigenvalue weighted by molar-refractivity contribution is 6.52. The molecule has 0 atom stereocenters. The molecule has 1 aromatic heterocycles. The lowest BCUT2D eigenvalue weighted by Gasteiger charge is -2.32. The van der Waals surface area contributed by atoms with E-state index in [0.717, 1.165) is 5.69 Å². The Morgan fingerprint density at radius 1 is 1.11 bits per heavy atom. The number of aromatic nitrogens is 1. The van der Waals surface area contributed by atoms with Gasteiger partial charge in [0, 0.05) is 0 Å². The fraction of sp³-hybridized carbons (Fsp3) is 0.462. The Bertz CT molecular complexity index is 499. The molecule has 1 fully saturated rings. The van der Waals surface area contributed by atoms with Crippen LogP contribution in [-0.4, -0.2) is 23.3 Å². The summed E-state index contributed by atoms with van der Waals surface area (Å²) in [5.74, 6) is 2.16. The second kappa shape index (κ2) is 4.54. The molecule has 0 saturated carbocycles. The summed E-state index contributed by atoms with van der Waals surface area (Å²) < 4.78 is 11.7. The average Bonchev–Trinajstić information content (AvgIpc) is 2.49. The molecule has 5 nitrogen and oxygen atoms in total. The van der Waals surface area contributed by atoms with Crippen molar-refractivity contribution in [1.29, 1.82) is 0 Å². The van der Waals surface area contributed by atoms with Crippen LogP contribution in [0.5, 0.6) is 0 Å². The van der Waals surface area contributed by atoms with Crippen LogP contribution in [-0.2, 0) is 9.31 Å². The predicted octanol–water partition coefficient (Wildman–Crippen LogP) is 1.89. The van der Waals surface area contributed by atoms with Crippen LogP contribution in [0.1, 0.15) is 33.4 Å². The third kappa shape index (κ3) is 2.74. The molecular weight excluding hydrogens is 241 g/mol. The molecule has 2 rings (SSSR count). The van der Waals surface area contributed by atoms with Gasteiger partial charge in [0.15, 0.2) is 0 Å². The Balaban J connectivity index is 2.10. The minimum absolute atomic E-state index is 0.330. The SMILES string of the molecule is CC1(C)OB(/C=C/c2ccc(N)c(N)n2)OC1(C)C. The standard InChI is InChI=1S/C13H20BN3O2/c1-12(2)13(3,4)19-14(18-12)8-7-9-5-6-10(15)11(16)17-9/h5-8H,15H2,1-4H3,(H2,16,17)/b8-7+. The molecule has 19 heavy (non-hydrogen) atoms. The van der Waals surface area contributed by atoms with Gasteiger partial charge in [-0.05, 0) is 45.9 Å². The van der Waals surface area contributed by atoms with Crippen LogP contribution < -0.4 is 11.5 Å². The van der Waals surface area contributed by atoms with Gasteiger partial charge in [0.1, 0.15) is 5.82 Å². The van der Waals surface area contributed by atoms with Gasteiger partial charge in [-0.15, -0.1) is 0 Å². The Hall–Kier alpha value is -1.53. The van der Waals surface area contributed by atoms with Crippen LogP contribution in [0.3, 0.4) is 0 Å². The van der Waals surface area contributed by atoms with E-state index in [9.17, 15) is 0 Å². The van der Waals surface area contributed by atoms with Crippen LogP contribution in [0, 0.1) is 0 Å². The van der Waals surface area contributed by atoms with E-state index in [1.165, 1.54) is 0 Å². The molecule has 0 unspecified atom stereocenters. The summed E-state index contributed by atoms with van der Waals surface area (Å²) in [6, 6.07) is 3.53. The molecule has 102 valence electrons. The molecule has 4 N–H and O–H groups in total. The summed E-state index contributed by atoms with van der Waals surface area (Å²) >= 11 is 0. The van der Waals surface area contributed by atoms with Gasteiger partial charge < -0.3 is 20.8 Å². The van der Waals surface area contributed by atoms with Gasteiger partial charge in [-0.3, -0.25) is 0 Å². The largest absolute Gasteiger partial charge is 0.487 e. The molecule has 6 heteroatoms. The van der Waals surface area contributed by atoms with Gasteiger partial charge in [-0.1, -0.05) is 5.98 Å². The minimum atomic E-state index is -0.384. The summed E-state index contributed by atoms with van der Waals surface area (Å²) in [7, 11) is -0.384. The van der Waals surface area contributed by atoms with E-state index in [1.807, 2.05) is 39.7 Å². The summed E-state index contributed by atoms with van der Waals surface area (Å²) in [6.45, 7) is 8.06. The predicted molar refractivity (Wildman–Crippen MR) is 78.2 cm³/mol. The van der Waals surface area contributed by atoms with Crippen molar-refractivity contribution in [2.45, 2.75) is 38.9 Å². The van der Waals surface area contributed by atoms with E-state index in [0.29, 0.717) is 11.5 Å². The Morgan fingerprint density at radius 2 is 1.68 bits per heavy atom. The number of anilines is 2. The average molecular weight is 261 g/mol. The van der Waals surface area contributed by atoms with Crippen molar-refractivity contribution in [2.75, 3.05) is 11.5 Å². The number of pyridine rings is 1. The molecule has 0 amide bonds. The van der Waals surface area contributed by atoms with E-state index in [1.54, 1.807) is 12.1 Å². The lowest BCUT2D eigenvalue weighted by atomic mass is 9.89. The van der Waals surface area contributed by atoms with Crippen LogP contribution in [0.15, 0.2) is 18.1 Å². The van der Waals surface area contributed by atoms with Crippen LogP contribution in [0.25, 0.3) is 6.08 Å². The van der Waals surface area contributed by atoms with E-state index in [4.69, 9.17) is 20.8 Å². The first-order valence-corrected chi connectivity index (χ1v) is 6.27. The summed E-state index contributed by atoms with van der Waals surface area (Å²) in [5, 5.41) is 0.